The number of hydrogen-bond acceptors (Lipinski definition) is 3. The van der Waals surface area contributed by atoms with Crippen LogP contribution in [0.5, 0.6) is 0 Å². The minimum atomic E-state index is 0.261. The van der Waals surface area contributed by atoms with E-state index in [1.54, 1.807) is 6.21 Å². The van der Waals surface area contributed by atoms with Gasteiger partial charge in [-0.15, -0.1) is 0 Å². The lowest BCUT2D eigenvalue weighted by Gasteiger charge is -2.57. The molecular formula is C21H29NO2. The van der Waals surface area contributed by atoms with Gasteiger partial charge >= 0.3 is 0 Å². The maximum atomic E-state index is 11.9. The van der Waals surface area contributed by atoms with Gasteiger partial charge in [0.2, 0.25) is 0 Å². The molecule has 0 aromatic heterocycles. The molecule has 3 heteroatoms. The quantitative estimate of drug-likeness (QED) is 0.423. The van der Waals surface area contributed by atoms with Crippen LogP contribution >= 0.6 is 0 Å². The van der Waals surface area contributed by atoms with Crippen LogP contribution in [-0.4, -0.2) is 17.2 Å². The molecule has 0 aromatic carbocycles. The van der Waals surface area contributed by atoms with Crippen molar-refractivity contribution in [1.82, 2.24) is 0 Å². The number of carbonyl (C=O) groups excluding carboxylic acids is 1. The summed E-state index contributed by atoms with van der Waals surface area (Å²) in [5.41, 5.74) is 3.47. The number of fused-ring (bicyclic) bond motifs is 5. The monoisotopic (exact) mass is 327 g/mol. The molecule has 0 aromatic rings. The van der Waals surface area contributed by atoms with Gasteiger partial charge in [0.1, 0.15) is 0 Å². The molecule has 3 nitrogen and oxygen atoms in total. The van der Waals surface area contributed by atoms with Crippen LogP contribution in [-0.2, 0) is 4.79 Å². The molecule has 0 heterocycles. The average molecular weight is 327 g/mol. The molecule has 0 saturated heterocycles. The van der Waals surface area contributed by atoms with Crippen LogP contribution in [0.2, 0.25) is 0 Å². The minimum Gasteiger partial charge on any atom is -0.411 e. The molecular weight excluding hydrogens is 298 g/mol. The maximum Gasteiger partial charge on any atom is 0.155 e. The fourth-order valence-corrected chi connectivity index (χ4v) is 6.80. The molecule has 3 fully saturated rings. The van der Waals surface area contributed by atoms with Crippen molar-refractivity contribution in [2.45, 2.75) is 65.2 Å². The number of hydrogen-bond donors (Lipinski definition) is 1. The van der Waals surface area contributed by atoms with E-state index >= 15 is 0 Å². The first-order valence-corrected chi connectivity index (χ1v) is 9.60. The highest BCUT2D eigenvalue weighted by molar-refractivity contribution is 5.91. The number of ketones is 1. The molecule has 4 aliphatic carbocycles. The minimum absolute atomic E-state index is 0.261. The Hall–Kier alpha value is -1.38. The fraction of sp³-hybridized carbons (Fsp3) is 0.714. The summed E-state index contributed by atoms with van der Waals surface area (Å²) < 4.78 is 0. The first-order valence-electron chi connectivity index (χ1n) is 9.60. The SMILES string of the molecule is C[C@]12CCC(=O)C=C1CC[C@@H]1[C@@H]2CC[C@]2(C)/C(=C\C=N\O)CC[C@@H]12. The van der Waals surface area contributed by atoms with Crippen molar-refractivity contribution in [3.05, 3.63) is 23.3 Å². The average Bonchev–Trinajstić information content (AvgIpc) is 2.90. The third kappa shape index (κ3) is 2.16. The van der Waals surface area contributed by atoms with Crippen LogP contribution in [0.25, 0.3) is 0 Å². The van der Waals surface area contributed by atoms with E-state index in [0.29, 0.717) is 5.78 Å². The van der Waals surface area contributed by atoms with Gasteiger partial charge in [0.25, 0.3) is 0 Å². The van der Waals surface area contributed by atoms with Crippen LogP contribution in [0.15, 0.2) is 28.5 Å². The summed E-state index contributed by atoms with van der Waals surface area (Å²) in [6, 6.07) is 0. The normalized spacial score (nSPS) is 46.6. The first-order chi connectivity index (χ1) is 11.5. The van der Waals surface area contributed by atoms with Crippen molar-refractivity contribution >= 4 is 12.0 Å². The Morgan fingerprint density at radius 3 is 2.67 bits per heavy atom. The van der Waals surface area contributed by atoms with Gasteiger partial charge in [0.05, 0.1) is 6.21 Å². The Bertz CT molecular complexity index is 646. The molecule has 130 valence electrons. The van der Waals surface area contributed by atoms with Crippen molar-refractivity contribution in [2.24, 2.45) is 33.7 Å². The summed E-state index contributed by atoms with van der Waals surface area (Å²) in [5, 5.41) is 12.0. The molecule has 4 aliphatic rings. The van der Waals surface area contributed by atoms with E-state index in [2.05, 4.69) is 25.1 Å². The molecule has 0 bridgehead atoms. The van der Waals surface area contributed by atoms with Crippen molar-refractivity contribution < 1.29 is 10.0 Å². The highest BCUT2D eigenvalue weighted by Gasteiger charge is 2.57. The lowest BCUT2D eigenvalue weighted by molar-refractivity contribution is -0.117. The molecule has 1 N–H and O–H groups in total. The van der Waals surface area contributed by atoms with Crippen LogP contribution in [0.3, 0.4) is 0 Å². The Labute approximate surface area is 144 Å². The van der Waals surface area contributed by atoms with Crippen LogP contribution in [0, 0.1) is 28.6 Å². The van der Waals surface area contributed by atoms with Crippen molar-refractivity contribution in [2.75, 3.05) is 0 Å². The van der Waals surface area contributed by atoms with E-state index in [1.165, 1.54) is 36.8 Å². The summed E-state index contributed by atoms with van der Waals surface area (Å²) in [4.78, 5) is 11.9. The van der Waals surface area contributed by atoms with E-state index in [1.807, 2.05) is 6.08 Å². The molecule has 24 heavy (non-hydrogen) atoms. The summed E-state index contributed by atoms with van der Waals surface area (Å²) in [7, 11) is 0. The topological polar surface area (TPSA) is 49.7 Å². The van der Waals surface area contributed by atoms with Crippen LogP contribution in [0.4, 0.5) is 0 Å². The smallest absolute Gasteiger partial charge is 0.155 e. The van der Waals surface area contributed by atoms with Gasteiger partial charge in [-0.1, -0.05) is 30.1 Å². The molecule has 5 atom stereocenters. The Morgan fingerprint density at radius 2 is 1.88 bits per heavy atom. The van der Waals surface area contributed by atoms with Gasteiger partial charge in [0, 0.05) is 6.42 Å². The van der Waals surface area contributed by atoms with Gasteiger partial charge in [-0.2, -0.15) is 0 Å². The third-order valence-electron chi connectivity index (χ3n) is 8.15. The standard InChI is InChI=1S/C21H29NO2/c1-20-11-8-19-17(18(20)6-4-14(20)9-12-22-24)5-3-15-13-16(23)7-10-21(15,19)2/h9,12-13,17-19,24H,3-8,10-11H2,1-2H3/b14-9-,22-12+/t17-,18-,19-,20+,21-/m0/s1. The summed E-state index contributed by atoms with van der Waals surface area (Å²) in [6.07, 6.45) is 14.7. The highest BCUT2D eigenvalue weighted by atomic mass is 16.4. The Balaban J connectivity index is 1.66. The predicted molar refractivity (Wildman–Crippen MR) is 95.1 cm³/mol. The fourth-order valence-electron chi connectivity index (χ4n) is 6.80. The second kappa shape index (κ2) is 5.57. The summed E-state index contributed by atoms with van der Waals surface area (Å²) >= 11 is 0. The second-order valence-electron chi connectivity index (χ2n) is 8.92. The molecule has 0 radical (unpaired) electrons. The first kappa shape index (κ1) is 16.1. The second-order valence-corrected chi connectivity index (χ2v) is 8.92. The number of rotatable bonds is 1. The van der Waals surface area contributed by atoms with Crippen molar-refractivity contribution in [3.63, 3.8) is 0 Å². The van der Waals surface area contributed by atoms with E-state index in [0.717, 1.165) is 43.4 Å². The third-order valence-corrected chi connectivity index (χ3v) is 8.15. The van der Waals surface area contributed by atoms with Crippen LogP contribution < -0.4 is 0 Å². The molecule has 4 rings (SSSR count). The zero-order valence-corrected chi connectivity index (χ0v) is 14.9. The number of oxime groups is 1. The van der Waals surface area contributed by atoms with E-state index in [4.69, 9.17) is 5.21 Å². The van der Waals surface area contributed by atoms with E-state index in [-0.39, 0.29) is 10.8 Å². The van der Waals surface area contributed by atoms with Crippen LogP contribution in [0.1, 0.15) is 65.2 Å². The van der Waals surface area contributed by atoms with Crippen molar-refractivity contribution in [1.29, 1.82) is 0 Å². The Kier molecular flexibility index (Phi) is 3.74. The lowest BCUT2D eigenvalue weighted by atomic mass is 9.47. The largest absolute Gasteiger partial charge is 0.411 e. The zero-order valence-electron chi connectivity index (χ0n) is 14.9. The van der Waals surface area contributed by atoms with Gasteiger partial charge < -0.3 is 5.21 Å². The lowest BCUT2D eigenvalue weighted by Crippen LogP contribution is -2.49. The maximum absolute atomic E-state index is 11.9. The van der Waals surface area contributed by atoms with Gasteiger partial charge in [-0.05, 0) is 85.7 Å². The van der Waals surface area contributed by atoms with E-state index in [9.17, 15) is 4.79 Å². The van der Waals surface area contributed by atoms with Gasteiger partial charge in [-0.25, -0.2) is 0 Å². The molecule has 0 amide bonds. The van der Waals surface area contributed by atoms with Crippen molar-refractivity contribution in [3.8, 4) is 0 Å². The Morgan fingerprint density at radius 1 is 1.08 bits per heavy atom. The van der Waals surface area contributed by atoms with Gasteiger partial charge in [0.15, 0.2) is 5.78 Å². The molecule has 0 aliphatic heterocycles. The summed E-state index contributed by atoms with van der Waals surface area (Å²) in [5.74, 6) is 2.63. The molecule has 3 saturated carbocycles. The highest BCUT2D eigenvalue weighted by Crippen LogP contribution is 2.66. The number of allylic oxidation sites excluding steroid dienone is 3. The molecule has 0 unspecified atom stereocenters. The number of nitrogens with zero attached hydrogens (tertiary/aromatic N) is 1. The number of carbonyl (C=O) groups is 1. The summed E-state index contributed by atoms with van der Waals surface area (Å²) in [6.45, 7) is 4.88. The molecule has 0 spiro atoms. The predicted octanol–water partition coefficient (Wildman–Crippen LogP) is 4.90. The zero-order chi connectivity index (χ0) is 16.9. The van der Waals surface area contributed by atoms with Gasteiger partial charge in [-0.3, -0.25) is 4.79 Å². The van der Waals surface area contributed by atoms with E-state index < -0.39 is 0 Å².